The van der Waals surface area contributed by atoms with Crippen molar-refractivity contribution in [1.82, 2.24) is 4.90 Å². The highest BCUT2D eigenvalue weighted by Crippen LogP contribution is 2.26. The summed E-state index contributed by atoms with van der Waals surface area (Å²) in [7, 11) is 0. The quantitative estimate of drug-likeness (QED) is 0.615. The number of nitrogens with two attached hydrogens (primary N) is 1. The molecule has 18 heavy (non-hydrogen) atoms. The number of carbonyl (C=O) groups is 1. The zero-order valence-electron chi connectivity index (χ0n) is 11.7. The second-order valence-electron chi connectivity index (χ2n) is 4.68. The molecule has 1 fully saturated rings. The average molecular weight is 252 g/mol. The molecule has 2 N–H and O–H groups in total. The molecule has 0 unspecified atom stereocenters. The Hall–Kier alpha value is -1.29. The van der Waals surface area contributed by atoms with Gasteiger partial charge in [-0.15, -0.1) is 0 Å². The average Bonchev–Trinajstić information content (AvgIpc) is 2.34. The number of nitrogens with zero attached hydrogens (tertiary/aromatic N) is 1. The Bertz CT molecular complexity index is 361. The van der Waals surface area contributed by atoms with Gasteiger partial charge in [-0.2, -0.15) is 0 Å². The molecule has 0 radical (unpaired) electrons. The lowest BCUT2D eigenvalue weighted by molar-refractivity contribution is -0.140. The summed E-state index contributed by atoms with van der Waals surface area (Å²) in [5.74, 6) is -0.271. The minimum atomic E-state index is -0.271. The summed E-state index contributed by atoms with van der Waals surface area (Å²) >= 11 is 0. The summed E-state index contributed by atoms with van der Waals surface area (Å²) in [6, 6.07) is 0.0876. The predicted octanol–water partition coefficient (Wildman–Crippen LogP) is 2.17. The topological polar surface area (TPSA) is 55.6 Å². The lowest BCUT2D eigenvalue weighted by Gasteiger charge is -2.36. The van der Waals surface area contributed by atoms with Crippen LogP contribution in [0, 0.1) is 0 Å². The molecular weight excluding hydrogens is 228 g/mol. The van der Waals surface area contributed by atoms with E-state index in [4.69, 9.17) is 10.5 Å². The third-order valence-corrected chi connectivity index (χ3v) is 3.28. The van der Waals surface area contributed by atoms with Crippen molar-refractivity contribution < 1.29 is 9.53 Å². The van der Waals surface area contributed by atoms with Gasteiger partial charge in [0.2, 0.25) is 0 Å². The molecule has 0 aliphatic carbocycles. The Balaban J connectivity index is 3.03. The number of likely N-dealkylation sites (tertiary alicyclic amines) is 1. The van der Waals surface area contributed by atoms with Gasteiger partial charge < -0.3 is 15.4 Å². The van der Waals surface area contributed by atoms with E-state index in [0.717, 1.165) is 30.5 Å². The second-order valence-corrected chi connectivity index (χ2v) is 4.68. The first kappa shape index (κ1) is 14.8. The van der Waals surface area contributed by atoms with Gasteiger partial charge in [0.25, 0.3) is 0 Å². The number of allylic oxidation sites excluding steroid dienone is 2. The highest BCUT2D eigenvalue weighted by Gasteiger charge is 2.27. The monoisotopic (exact) mass is 252 g/mol. The van der Waals surface area contributed by atoms with Crippen molar-refractivity contribution in [3.05, 3.63) is 23.5 Å². The van der Waals surface area contributed by atoms with Crippen LogP contribution in [-0.4, -0.2) is 30.1 Å². The third-order valence-electron chi connectivity index (χ3n) is 3.28. The molecule has 1 saturated heterocycles. The number of piperidine rings is 1. The van der Waals surface area contributed by atoms with Crippen LogP contribution in [0.15, 0.2) is 23.5 Å². The normalized spacial score (nSPS) is 21.7. The van der Waals surface area contributed by atoms with E-state index in [1.54, 1.807) is 0 Å². The van der Waals surface area contributed by atoms with Gasteiger partial charge >= 0.3 is 5.97 Å². The number of hydrogen-bond donors (Lipinski definition) is 1. The highest BCUT2D eigenvalue weighted by molar-refractivity contribution is 5.89. The van der Waals surface area contributed by atoms with E-state index >= 15 is 0 Å². The van der Waals surface area contributed by atoms with Crippen molar-refractivity contribution in [2.24, 2.45) is 5.73 Å². The van der Waals surface area contributed by atoms with E-state index in [0.29, 0.717) is 18.8 Å². The molecular formula is C14H24N2O2. The number of esters is 1. The molecule has 0 aromatic carbocycles. The molecule has 1 heterocycles. The van der Waals surface area contributed by atoms with Crippen molar-refractivity contribution in [2.75, 3.05) is 13.2 Å². The van der Waals surface area contributed by atoms with E-state index in [2.05, 4.69) is 6.58 Å². The molecule has 4 heteroatoms. The van der Waals surface area contributed by atoms with Gasteiger partial charge in [-0.1, -0.05) is 13.5 Å². The van der Waals surface area contributed by atoms with Crippen molar-refractivity contribution in [2.45, 2.75) is 46.1 Å². The van der Waals surface area contributed by atoms with Gasteiger partial charge in [-0.05, 0) is 38.7 Å². The molecule has 1 aliphatic heterocycles. The minimum absolute atomic E-state index is 0.0876. The molecule has 0 saturated carbocycles. The Morgan fingerprint density at radius 2 is 2.22 bits per heavy atom. The molecule has 102 valence electrons. The van der Waals surface area contributed by atoms with Gasteiger partial charge in [-0.25, -0.2) is 4.79 Å². The van der Waals surface area contributed by atoms with Crippen LogP contribution in [0.1, 0.15) is 40.0 Å². The zero-order valence-corrected chi connectivity index (χ0v) is 11.7. The number of carbonyl (C=O) groups excluding carboxylic acids is 1. The molecule has 0 bridgehead atoms. The first-order chi connectivity index (χ1) is 8.51. The van der Waals surface area contributed by atoms with E-state index in [1.807, 2.05) is 25.7 Å². The second kappa shape index (κ2) is 6.59. The molecule has 0 amide bonds. The maximum atomic E-state index is 12.1. The fourth-order valence-corrected chi connectivity index (χ4v) is 2.07. The van der Waals surface area contributed by atoms with Crippen LogP contribution in [0.5, 0.6) is 0 Å². The molecule has 1 rings (SSSR count). The van der Waals surface area contributed by atoms with Gasteiger partial charge in [0.1, 0.15) is 5.70 Å². The van der Waals surface area contributed by atoms with E-state index in [9.17, 15) is 4.79 Å². The van der Waals surface area contributed by atoms with E-state index in [-0.39, 0.29) is 12.0 Å². The first-order valence-corrected chi connectivity index (χ1v) is 6.59. The summed E-state index contributed by atoms with van der Waals surface area (Å²) in [5, 5.41) is 0. The smallest absolute Gasteiger partial charge is 0.354 e. The SMILES string of the molecule is C=C1CC[C@@H](N)CN1/C(C(=O)OCC)=C(\C)CC. The molecule has 1 atom stereocenters. The molecule has 0 spiro atoms. The summed E-state index contributed by atoms with van der Waals surface area (Å²) in [6.07, 6.45) is 2.57. The summed E-state index contributed by atoms with van der Waals surface area (Å²) in [5.41, 5.74) is 8.58. The van der Waals surface area contributed by atoms with E-state index in [1.165, 1.54) is 0 Å². The van der Waals surface area contributed by atoms with Gasteiger partial charge in [0.05, 0.1) is 6.61 Å². The number of rotatable bonds is 4. The fraction of sp³-hybridized carbons (Fsp3) is 0.643. The van der Waals surface area contributed by atoms with Crippen LogP contribution in [-0.2, 0) is 9.53 Å². The fourth-order valence-electron chi connectivity index (χ4n) is 2.07. The summed E-state index contributed by atoms with van der Waals surface area (Å²) in [4.78, 5) is 14.0. The van der Waals surface area contributed by atoms with Crippen molar-refractivity contribution in [3.8, 4) is 0 Å². The highest BCUT2D eigenvalue weighted by atomic mass is 16.5. The van der Waals surface area contributed by atoms with Gasteiger partial charge in [0, 0.05) is 18.3 Å². The maximum absolute atomic E-state index is 12.1. The van der Waals surface area contributed by atoms with Crippen LogP contribution in [0.25, 0.3) is 0 Å². The maximum Gasteiger partial charge on any atom is 0.354 e. The van der Waals surface area contributed by atoms with E-state index < -0.39 is 0 Å². The Kier molecular flexibility index (Phi) is 5.41. The van der Waals surface area contributed by atoms with Crippen LogP contribution < -0.4 is 5.73 Å². The van der Waals surface area contributed by atoms with Gasteiger partial charge in [-0.3, -0.25) is 0 Å². The van der Waals surface area contributed by atoms with Crippen LogP contribution in [0.3, 0.4) is 0 Å². The summed E-state index contributed by atoms with van der Waals surface area (Å²) < 4.78 is 5.14. The zero-order chi connectivity index (χ0) is 13.7. The summed E-state index contributed by atoms with van der Waals surface area (Å²) in [6.45, 7) is 10.9. The Labute approximate surface area is 109 Å². The largest absolute Gasteiger partial charge is 0.461 e. The molecule has 0 aromatic rings. The minimum Gasteiger partial charge on any atom is -0.461 e. The van der Waals surface area contributed by atoms with Crippen molar-refractivity contribution in [1.29, 1.82) is 0 Å². The van der Waals surface area contributed by atoms with Gasteiger partial charge in [0.15, 0.2) is 0 Å². The number of hydrogen-bond acceptors (Lipinski definition) is 4. The van der Waals surface area contributed by atoms with Crippen molar-refractivity contribution in [3.63, 3.8) is 0 Å². The predicted molar refractivity (Wildman–Crippen MR) is 72.7 cm³/mol. The standard InChI is InChI=1S/C14H24N2O2/c1-5-10(3)13(14(17)18-6-2)16-9-12(15)8-7-11(16)4/h12H,4-9,15H2,1-3H3/b13-10+/t12-/m1/s1. The van der Waals surface area contributed by atoms with Crippen LogP contribution in [0.2, 0.25) is 0 Å². The van der Waals surface area contributed by atoms with Crippen LogP contribution >= 0.6 is 0 Å². The van der Waals surface area contributed by atoms with Crippen LogP contribution in [0.4, 0.5) is 0 Å². The Morgan fingerprint density at radius 3 is 2.78 bits per heavy atom. The van der Waals surface area contributed by atoms with Crippen molar-refractivity contribution >= 4 is 5.97 Å². The lowest BCUT2D eigenvalue weighted by atomic mass is 10.0. The lowest BCUT2D eigenvalue weighted by Crippen LogP contribution is -2.43. The first-order valence-electron chi connectivity index (χ1n) is 6.59. The Morgan fingerprint density at radius 1 is 1.56 bits per heavy atom. The molecule has 4 nitrogen and oxygen atoms in total. The number of ether oxygens (including phenoxy) is 1. The third kappa shape index (κ3) is 3.35. The molecule has 1 aliphatic rings. The molecule has 0 aromatic heterocycles.